The molecule has 0 fully saturated rings. The van der Waals surface area contributed by atoms with Crippen LogP contribution < -0.4 is 28.1 Å². The largest absolute Gasteiger partial charge is 0.412 e. The van der Waals surface area contributed by atoms with Gasteiger partial charge in [-0.15, -0.1) is 0 Å². The van der Waals surface area contributed by atoms with E-state index in [2.05, 4.69) is 64.1 Å². The van der Waals surface area contributed by atoms with Gasteiger partial charge in [0.15, 0.2) is 0 Å². The number of anilines is 3. The number of hydrogen-bond donors (Lipinski definition) is 7. The van der Waals surface area contributed by atoms with Gasteiger partial charge in [-0.1, -0.05) is 0 Å². The minimum atomic E-state index is -0.530. The molecule has 0 aliphatic heterocycles. The molecule has 2 aromatic rings. The van der Waals surface area contributed by atoms with Crippen LogP contribution in [0.5, 0.6) is 0 Å². The predicted molar refractivity (Wildman–Crippen MR) is 118 cm³/mol. The van der Waals surface area contributed by atoms with Crippen molar-refractivity contribution in [2.45, 2.75) is 0 Å². The van der Waals surface area contributed by atoms with Crippen LogP contribution in [0, 0.1) is 10.1 Å². The molecule has 29 heavy (non-hydrogen) atoms. The van der Waals surface area contributed by atoms with Crippen molar-refractivity contribution < 1.29 is 20.6 Å². The van der Waals surface area contributed by atoms with Crippen molar-refractivity contribution in [3.8, 4) is 0 Å². The quantitative estimate of drug-likeness (QED) is 0.139. The Morgan fingerprint density at radius 1 is 1.00 bits per heavy atom. The third kappa shape index (κ3) is 11.4. The third-order valence-electron chi connectivity index (χ3n) is 2.72. The molecular formula is C14H24Br2N8O5. The highest BCUT2D eigenvalue weighted by atomic mass is 79.9. The Morgan fingerprint density at radius 3 is 1.90 bits per heavy atom. The summed E-state index contributed by atoms with van der Waals surface area (Å²) >= 11 is 6.33. The fourth-order valence-corrected chi connectivity index (χ4v) is 2.32. The number of aliphatic hydroxyl groups excluding tert-OH is 2. The Balaban J connectivity index is 0. The van der Waals surface area contributed by atoms with Gasteiger partial charge >= 0.3 is 5.69 Å². The minimum Gasteiger partial charge on any atom is -0.412 e. The number of nitrogens with two attached hydrogens (primary N) is 3. The first-order chi connectivity index (χ1) is 13.4. The molecule has 2 heterocycles. The smallest absolute Gasteiger partial charge is 0.312 e. The summed E-state index contributed by atoms with van der Waals surface area (Å²) in [7, 11) is 0. The number of nitrogens with one attached hydrogen (secondary N) is 2. The Labute approximate surface area is 183 Å². The zero-order chi connectivity index (χ0) is 21.5. The van der Waals surface area contributed by atoms with E-state index in [1.165, 1.54) is 12.3 Å². The highest BCUT2D eigenvalue weighted by Gasteiger charge is 2.14. The fourth-order valence-electron chi connectivity index (χ4n) is 1.66. The molecule has 12 N–H and O–H groups in total. The van der Waals surface area contributed by atoms with E-state index in [0.717, 1.165) is 4.47 Å². The van der Waals surface area contributed by atoms with Gasteiger partial charge in [-0.2, -0.15) is 0 Å². The number of pyridine rings is 2. The molecule has 2 aromatic heterocycles. The van der Waals surface area contributed by atoms with Crippen molar-refractivity contribution in [1.29, 1.82) is 0 Å². The molecule has 0 saturated heterocycles. The number of nitro groups is 1. The standard InChI is InChI=1S/C7H8BrN3O3.C7H10BrN3O.H4N2.H2O/c8-5-3-6(11(13)14)7(10-4-5)9-1-2-12;8-5-3-6(9)7(11-4-5)10-1-2-12;1-2;/h3-4,12H,1-2H2,(H,9,10);3-4,12H,1-2,9H2,(H,10,11);1-2H2;1H2. The van der Waals surface area contributed by atoms with Crippen molar-refractivity contribution in [2.24, 2.45) is 11.7 Å². The lowest BCUT2D eigenvalue weighted by Gasteiger charge is -2.05. The van der Waals surface area contributed by atoms with Gasteiger partial charge in [-0.25, -0.2) is 9.97 Å². The van der Waals surface area contributed by atoms with Crippen LogP contribution >= 0.6 is 31.9 Å². The molecular weight excluding hydrogens is 520 g/mol. The molecule has 0 aliphatic carbocycles. The van der Waals surface area contributed by atoms with E-state index in [-0.39, 0.29) is 36.7 Å². The Morgan fingerprint density at radius 2 is 1.45 bits per heavy atom. The first kappa shape index (κ1) is 29.1. The van der Waals surface area contributed by atoms with Gasteiger partial charge in [-0.05, 0) is 37.9 Å². The van der Waals surface area contributed by atoms with E-state index in [0.29, 0.717) is 22.5 Å². The molecule has 15 heteroatoms. The van der Waals surface area contributed by atoms with E-state index in [9.17, 15) is 10.1 Å². The molecule has 0 atom stereocenters. The predicted octanol–water partition coefficient (Wildman–Crippen LogP) is -0.0189. The van der Waals surface area contributed by atoms with E-state index < -0.39 is 4.92 Å². The van der Waals surface area contributed by atoms with Crippen molar-refractivity contribution in [3.05, 3.63) is 43.6 Å². The van der Waals surface area contributed by atoms with E-state index in [1.807, 2.05) is 0 Å². The molecule has 0 bridgehead atoms. The van der Waals surface area contributed by atoms with Crippen LogP contribution in [0.1, 0.15) is 0 Å². The molecule has 0 saturated carbocycles. The summed E-state index contributed by atoms with van der Waals surface area (Å²) in [4.78, 5) is 17.9. The normalized spacial score (nSPS) is 9.03. The number of aromatic nitrogens is 2. The molecule has 164 valence electrons. The zero-order valence-electron chi connectivity index (χ0n) is 15.2. The molecule has 0 aromatic carbocycles. The second-order valence-corrected chi connectivity index (χ2v) is 6.50. The van der Waals surface area contributed by atoms with E-state index >= 15 is 0 Å². The van der Waals surface area contributed by atoms with Gasteiger partial charge in [0, 0.05) is 40.5 Å². The van der Waals surface area contributed by atoms with Crippen LogP contribution in [-0.4, -0.2) is 56.9 Å². The number of halogens is 2. The maximum Gasteiger partial charge on any atom is 0.312 e. The maximum absolute atomic E-state index is 10.6. The summed E-state index contributed by atoms with van der Waals surface area (Å²) < 4.78 is 1.38. The monoisotopic (exact) mass is 542 g/mol. The van der Waals surface area contributed by atoms with Crippen LogP contribution in [0.25, 0.3) is 0 Å². The number of nitrogens with zero attached hydrogens (tertiary/aromatic N) is 3. The van der Waals surface area contributed by atoms with Crippen LogP contribution in [-0.2, 0) is 0 Å². The molecule has 0 amide bonds. The maximum atomic E-state index is 10.6. The van der Waals surface area contributed by atoms with Gasteiger partial charge in [0.25, 0.3) is 0 Å². The molecule has 13 nitrogen and oxygen atoms in total. The summed E-state index contributed by atoms with van der Waals surface area (Å²) in [6.45, 7) is 0.653. The van der Waals surface area contributed by atoms with Crippen LogP contribution in [0.3, 0.4) is 0 Å². The number of rotatable bonds is 7. The van der Waals surface area contributed by atoms with Crippen molar-refractivity contribution in [2.75, 3.05) is 42.7 Å². The zero-order valence-corrected chi connectivity index (χ0v) is 18.4. The third-order valence-corrected chi connectivity index (χ3v) is 3.59. The molecule has 0 aliphatic rings. The fraction of sp³-hybridized carbons (Fsp3) is 0.286. The SMILES string of the molecule is NN.Nc1cc(Br)cnc1NCCO.O.O=[N+]([O-])c1cc(Br)cnc1NCCO. The summed E-state index contributed by atoms with van der Waals surface area (Å²) in [5.74, 6) is 8.76. The van der Waals surface area contributed by atoms with E-state index in [4.69, 9.17) is 15.9 Å². The summed E-state index contributed by atoms with van der Waals surface area (Å²) in [5, 5.41) is 33.2. The second-order valence-electron chi connectivity index (χ2n) is 4.67. The first-order valence-corrected chi connectivity index (χ1v) is 9.21. The lowest BCUT2D eigenvalue weighted by atomic mass is 10.4. The number of aliphatic hydroxyl groups is 2. The topological polar surface area (TPSA) is 243 Å². The van der Waals surface area contributed by atoms with Crippen LogP contribution in [0.4, 0.5) is 23.0 Å². The molecule has 0 spiro atoms. The number of hydrogen-bond acceptors (Lipinski definition) is 11. The van der Waals surface area contributed by atoms with Gasteiger partial charge in [0.2, 0.25) is 5.82 Å². The average molecular weight is 544 g/mol. The highest BCUT2D eigenvalue weighted by Crippen LogP contribution is 2.24. The Kier molecular flexibility index (Phi) is 16.8. The van der Waals surface area contributed by atoms with Crippen molar-refractivity contribution >= 4 is 54.9 Å². The van der Waals surface area contributed by atoms with E-state index in [1.54, 1.807) is 12.3 Å². The van der Waals surface area contributed by atoms with Crippen molar-refractivity contribution in [1.82, 2.24) is 9.97 Å². The molecule has 2 rings (SSSR count). The van der Waals surface area contributed by atoms with Crippen LogP contribution in [0.2, 0.25) is 0 Å². The van der Waals surface area contributed by atoms with Gasteiger partial charge in [-0.3, -0.25) is 21.8 Å². The lowest BCUT2D eigenvalue weighted by Crippen LogP contribution is -2.08. The van der Waals surface area contributed by atoms with Crippen molar-refractivity contribution in [3.63, 3.8) is 0 Å². The summed E-state index contributed by atoms with van der Waals surface area (Å²) in [6, 6.07) is 3.11. The first-order valence-electron chi connectivity index (χ1n) is 7.62. The molecule has 0 unspecified atom stereocenters. The Bertz CT molecular complexity index is 741. The minimum absolute atomic E-state index is 0. The average Bonchev–Trinajstić information content (AvgIpc) is 2.68. The second kappa shape index (κ2) is 16.8. The van der Waals surface area contributed by atoms with Crippen LogP contribution in [0.15, 0.2) is 33.5 Å². The Hall–Kier alpha value is -2.14. The number of nitrogen functional groups attached to an aromatic ring is 1. The highest BCUT2D eigenvalue weighted by molar-refractivity contribution is 9.10. The summed E-state index contributed by atoms with van der Waals surface area (Å²) in [5.41, 5.74) is 6.08. The summed E-state index contributed by atoms with van der Waals surface area (Å²) in [6.07, 6.45) is 3.10. The van der Waals surface area contributed by atoms with Gasteiger partial charge in [0.05, 0.1) is 23.8 Å². The number of hydrazine groups is 1. The lowest BCUT2D eigenvalue weighted by molar-refractivity contribution is -0.384. The van der Waals surface area contributed by atoms with Gasteiger partial charge in [0.1, 0.15) is 5.82 Å². The van der Waals surface area contributed by atoms with Gasteiger partial charge < -0.3 is 32.1 Å². The molecule has 0 radical (unpaired) electrons.